The molecule has 4 N–H and O–H groups in total. The Labute approximate surface area is 200 Å². The van der Waals surface area contributed by atoms with E-state index in [4.69, 9.17) is 10.5 Å². The summed E-state index contributed by atoms with van der Waals surface area (Å²) in [6, 6.07) is 11.7. The molecule has 35 heavy (non-hydrogen) atoms. The van der Waals surface area contributed by atoms with Gasteiger partial charge in [0.15, 0.2) is 0 Å². The molecule has 2 aromatic carbocycles. The molecule has 1 aliphatic heterocycles. The lowest BCUT2D eigenvalue weighted by molar-refractivity contribution is 0.0937. The van der Waals surface area contributed by atoms with Crippen LogP contribution < -0.4 is 15.8 Å². The maximum atomic E-state index is 12.9. The van der Waals surface area contributed by atoms with Crippen LogP contribution in [0, 0.1) is 0 Å². The number of ether oxygens (including phenoxy) is 1. The van der Waals surface area contributed by atoms with Gasteiger partial charge in [-0.05, 0) is 47.5 Å². The largest absolute Gasteiger partial charge is 0.508 e. The number of fused-ring (bicyclic) bond motifs is 1. The number of aromatic hydroxyl groups is 1. The number of rotatable bonds is 4. The molecule has 10 nitrogen and oxygen atoms in total. The van der Waals surface area contributed by atoms with Gasteiger partial charge in [-0.15, -0.1) is 0 Å². The Hall–Kier alpha value is -4.60. The normalized spacial score (nSPS) is 15.3. The van der Waals surface area contributed by atoms with Crippen molar-refractivity contribution in [3.8, 4) is 22.6 Å². The van der Waals surface area contributed by atoms with Gasteiger partial charge in [-0.1, -0.05) is 12.1 Å². The molecule has 3 heterocycles. The lowest BCUT2D eigenvalue weighted by Gasteiger charge is -2.17. The van der Waals surface area contributed by atoms with Crippen molar-refractivity contribution >= 4 is 28.6 Å². The Balaban J connectivity index is 1.22. The van der Waals surface area contributed by atoms with Gasteiger partial charge in [0.05, 0.1) is 11.8 Å². The van der Waals surface area contributed by atoms with Crippen molar-refractivity contribution in [3.63, 3.8) is 0 Å². The number of benzene rings is 2. The van der Waals surface area contributed by atoms with E-state index in [1.54, 1.807) is 58.4 Å². The topological polar surface area (TPSA) is 136 Å². The van der Waals surface area contributed by atoms with Gasteiger partial charge in [-0.3, -0.25) is 9.48 Å². The van der Waals surface area contributed by atoms with Gasteiger partial charge in [0, 0.05) is 49.7 Å². The maximum Gasteiger partial charge on any atom is 0.415 e. The number of carbonyl (C=O) groups excluding carboxylic acids is 2. The van der Waals surface area contributed by atoms with Gasteiger partial charge >= 0.3 is 6.09 Å². The van der Waals surface area contributed by atoms with Crippen LogP contribution in [0.3, 0.4) is 0 Å². The van der Waals surface area contributed by atoms with Crippen LogP contribution in [0.25, 0.3) is 21.9 Å². The molecular weight excluding hydrogens is 448 g/mol. The van der Waals surface area contributed by atoms with Gasteiger partial charge in [-0.25, -0.2) is 9.78 Å². The first-order valence-corrected chi connectivity index (χ1v) is 11.1. The third-order valence-corrected chi connectivity index (χ3v) is 5.98. The van der Waals surface area contributed by atoms with Crippen LogP contribution in [0.2, 0.25) is 0 Å². The molecule has 1 aliphatic rings. The van der Waals surface area contributed by atoms with Crippen LogP contribution in [0.4, 0.5) is 10.6 Å². The Kier molecular flexibility index (Phi) is 5.69. The van der Waals surface area contributed by atoms with Crippen LogP contribution in [-0.4, -0.2) is 55.9 Å². The first-order chi connectivity index (χ1) is 16.9. The summed E-state index contributed by atoms with van der Waals surface area (Å²) >= 11 is 0. The van der Waals surface area contributed by atoms with Crippen LogP contribution in [-0.2, 0) is 7.05 Å². The van der Waals surface area contributed by atoms with Crippen molar-refractivity contribution in [1.82, 2.24) is 25.0 Å². The monoisotopic (exact) mass is 472 g/mol. The zero-order valence-corrected chi connectivity index (χ0v) is 19.0. The minimum Gasteiger partial charge on any atom is -0.508 e. The summed E-state index contributed by atoms with van der Waals surface area (Å²) < 4.78 is 7.19. The van der Waals surface area contributed by atoms with Crippen molar-refractivity contribution in [2.24, 2.45) is 7.05 Å². The van der Waals surface area contributed by atoms with E-state index in [0.717, 1.165) is 21.9 Å². The standard InChI is InChI=1S/C25H24N6O4/c1-30-13-18(12-28-30)17-10-22(23(26)27-11-17)24(33)29-19-6-7-31(14-19)25(34)35-21-5-3-15-2-4-20(32)8-16(15)9-21/h2-5,8-13,19,32H,6-7,14H2,1H3,(H2,26,27)(H,29,33). The van der Waals surface area contributed by atoms with Gasteiger partial charge in [0.1, 0.15) is 17.3 Å². The highest BCUT2D eigenvalue weighted by molar-refractivity contribution is 5.99. The van der Waals surface area contributed by atoms with Crippen LogP contribution >= 0.6 is 0 Å². The Morgan fingerprint density at radius 1 is 1.11 bits per heavy atom. The molecule has 0 radical (unpaired) electrons. The average molecular weight is 473 g/mol. The maximum absolute atomic E-state index is 12.9. The van der Waals surface area contributed by atoms with Gasteiger partial charge in [0.25, 0.3) is 5.91 Å². The second-order valence-electron chi connectivity index (χ2n) is 8.53. The number of carbonyl (C=O) groups is 2. The molecule has 5 rings (SSSR count). The fourth-order valence-electron chi connectivity index (χ4n) is 4.13. The highest BCUT2D eigenvalue weighted by Gasteiger charge is 2.29. The molecule has 0 spiro atoms. The number of phenolic OH excluding ortho intramolecular Hbond substituents is 1. The summed E-state index contributed by atoms with van der Waals surface area (Å²) in [4.78, 5) is 31.3. The number of hydrogen-bond acceptors (Lipinski definition) is 7. The highest BCUT2D eigenvalue weighted by atomic mass is 16.6. The fraction of sp³-hybridized carbons (Fsp3) is 0.200. The summed E-state index contributed by atoms with van der Waals surface area (Å²) in [5.74, 6) is 0.301. The molecule has 2 amide bonds. The molecule has 1 saturated heterocycles. The molecule has 1 unspecified atom stereocenters. The summed E-state index contributed by atoms with van der Waals surface area (Å²) in [7, 11) is 1.81. The van der Waals surface area contributed by atoms with Crippen LogP contribution in [0.1, 0.15) is 16.8 Å². The number of hydrogen-bond donors (Lipinski definition) is 3. The van der Waals surface area contributed by atoms with Crippen molar-refractivity contribution in [2.75, 3.05) is 18.8 Å². The number of aryl methyl sites for hydroxylation is 1. The lowest BCUT2D eigenvalue weighted by atomic mass is 10.1. The van der Waals surface area contributed by atoms with Crippen LogP contribution in [0.5, 0.6) is 11.5 Å². The zero-order chi connectivity index (χ0) is 24.5. The number of pyridine rings is 1. The molecular formula is C25H24N6O4. The van der Waals surface area contributed by atoms with Gasteiger partial charge in [-0.2, -0.15) is 5.10 Å². The Bertz CT molecular complexity index is 1430. The van der Waals surface area contributed by atoms with E-state index >= 15 is 0 Å². The lowest BCUT2D eigenvalue weighted by Crippen LogP contribution is -2.39. The second kappa shape index (κ2) is 8.98. The summed E-state index contributed by atoms with van der Waals surface area (Å²) in [5, 5.41) is 18.5. The van der Waals surface area contributed by atoms with Gasteiger partial charge in [0.2, 0.25) is 0 Å². The molecule has 2 aromatic heterocycles. The average Bonchev–Trinajstić information content (AvgIpc) is 3.48. The number of nitrogen functional groups attached to an aromatic ring is 1. The minimum absolute atomic E-state index is 0.131. The Morgan fingerprint density at radius 2 is 1.94 bits per heavy atom. The predicted molar refractivity (Wildman–Crippen MR) is 130 cm³/mol. The number of aromatic nitrogens is 3. The van der Waals surface area contributed by atoms with E-state index in [-0.39, 0.29) is 29.1 Å². The minimum atomic E-state index is -0.499. The second-order valence-corrected chi connectivity index (χ2v) is 8.53. The summed E-state index contributed by atoms with van der Waals surface area (Å²) in [5.41, 5.74) is 7.80. The molecule has 0 aliphatic carbocycles. The Morgan fingerprint density at radius 3 is 2.74 bits per heavy atom. The van der Waals surface area contributed by atoms with E-state index in [1.807, 2.05) is 19.3 Å². The first-order valence-electron chi connectivity index (χ1n) is 11.1. The quantitative estimate of drug-likeness (QED) is 0.415. The van der Waals surface area contributed by atoms with E-state index in [1.165, 1.54) is 0 Å². The number of phenols is 1. The molecule has 178 valence electrons. The predicted octanol–water partition coefficient (Wildman–Crippen LogP) is 2.93. The van der Waals surface area contributed by atoms with Crippen LogP contribution in [0.15, 0.2) is 61.1 Å². The number of likely N-dealkylation sites (tertiary alicyclic amines) is 1. The van der Waals surface area contributed by atoms with Crippen molar-refractivity contribution in [2.45, 2.75) is 12.5 Å². The number of anilines is 1. The number of nitrogens with zero attached hydrogens (tertiary/aromatic N) is 4. The van der Waals surface area contributed by atoms with Crippen molar-refractivity contribution < 1.29 is 19.4 Å². The van der Waals surface area contributed by atoms with Crippen molar-refractivity contribution in [3.05, 3.63) is 66.6 Å². The first kappa shape index (κ1) is 22.2. The molecule has 4 aromatic rings. The highest BCUT2D eigenvalue weighted by Crippen LogP contribution is 2.26. The number of amides is 2. The van der Waals surface area contributed by atoms with E-state index in [9.17, 15) is 14.7 Å². The SMILES string of the molecule is Cn1cc(-c2cnc(N)c(C(=O)NC3CCN(C(=O)Oc4ccc5ccc(O)cc5c4)C3)c2)cn1. The molecule has 0 saturated carbocycles. The van der Waals surface area contributed by atoms with E-state index in [2.05, 4.69) is 15.4 Å². The summed E-state index contributed by atoms with van der Waals surface area (Å²) in [6.07, 6.45) is 5.20. The molecule has 10 heteroatoms. The summed E-state index contributed by atoms with van der Waals surface area (Å²) in [6.45, 7) is 0.760. The van der Waals surface area contributed by atoms with Gasteiger partial charge < -0.3 is 25.8 Å². The molecule has 1 atom stereocenters. The third-order valence-electron chi connectivity index (χ3n) is 5.98. The zero-order valence-electron chi connectivity index (χ0n) is 19.0. The third kappa shape index (κ3) is 4.72. The van der Waals surface area contributed by atoms with E-state index < -0.39 is 6.09 Å². The fourth-order valence-corrected chi connectivity index (χ4v) is 4.13. The smallest absolute Gasteiger partial charge is 0.415 e. The van der Waals surface area contributed by atoms with E-state index in [0.29, 0.717) is 25.3 Å². The molecule has 1 fully saturated rings. The number of nitrogens with two attached hydrogens (primary N) is 1. The molecule has 0 bridgehead atoms. The number of nitrogens with one attached hydrogen (secondary N) is 1. The van der Waals surface area contributed by atoms with Crippen molar-refractivity contribution in [1.29, 1.82) is 0 Å².